The van der Waals surface area contributed by atoms with Gasteiger partial charge in [0.25, 0.3) is 0 Å². The second-order valence-electron chi connectivity index (χ2n) is 4.66. The summed E-state index contributed by atoms with van der Waals surface area (Å²) in [6.45, 7) is 2.12. The lowest BCUT2D eigenvalue weighted by Crippen LogP contribution is -2.05. The van der Waals surface area contributed by atoms with Crippen LogP contribution in [0.5, 0.6) is 0 Å². The summed E-state index contributed by atoms with van der Waals surface area (Å²) in [6, 6.07) is 14.7. The first-order valence-corrected chi connectivity index (χ1v) is 7.08. The van der Waals surface area contributed by atoms with E-state index in [0.29, 0.717) is 0 Å². The van der Waals surface area contributed by atoms with Crippen molar-refractivity contribution in [1.82, 2.24) is 9.97 Å². The quantitative estimate of drug-likeness (QED) is 0.708. The molecule has 0 unspecified atom stereocenters. The number of aryl methyl sites for hydroxylation is 1. The van der Waals surface area contributed by atoms with Gasteiger partial charge in [-0.05, 0) is 42.3 Å². The zero-order chi connectivity index (χ0) is 13.2. The molecule has 1 aromatic carbocycles. The van der Waals surface area contributed by atoms with Crippen LogP contribution < -0.4 is 0 Å². The number of nitrogens with one attached hydrogen (secondary N) is 2. The van der Waals surface area contributed by atoms with Gasteiger partial charge in [-0.1, -0.05) is 34.1 Å². The fourth-order valence-electron chi connectivity index (χ4n) is 2.44. The average Bonchev–Trinajstić information content (AvgIpc) is 3.08. The van der Waals surface area contributed by atoms with Crippen LogP contribution in [0, 0.1) is 6.92 Å². The maximum Gasteiger partial charge on any atom is 0.0652 e. The Bertz CT molecular complexity index is 620. The van der Waals surface area contributed by atoms with Crippen molar-refractivity contribution in [2.45, 2.75) is 12.8 Å². The molecule has 2 nitrogen and oxygen atoms in total. The minimum atomic E-state index is 0.194. The number of hydrogen-bond donors (Lipinski definition) is 2. The number of benzene rings is 1. The van der Waals surface area contributed by atoms with Crippen LogP contribution in [0.1, 0.15) is 28.4 Å². The minimum Gasteiger partial charge on any atom is -0.364 e. The first kappa shape index (κ1) is 12.3. The molecule has 3 heteroatoms. The first-order valence-electron chi connectivity index (χ1n) is 6.29. The molecule has 2 N–H and O–H groups in total. The van der Waals surface area contributed by atoms with Gasteiger partial charge in [-0.25, -0.2) is 0 Å². The van der Waals surface area contributed by atoms with Crippen molar-refractivity contribution in [2.24, 2.45) is 0 Å². The van der Waals surface area contributed by atoms with E-state index in [-0.39, 0.29) is 5.92 Å². The van der Waals surface area contributed by atoms with E-state index < -0.39 is 0 Å². The molecular formula is C16H15BrN2. The van der Waals surface area contributed by atoms with Crippen LogP contribution in [0.2, 0.25) is 0 Å². The number of aromatic amines is 2. The Morgan fingerprint density at radius 1 is 0.895 bits per heavy atom. The molecule has 0 atom stereocenters. The summed E-state index contributed by atoms with van der Waals surface area (Å²) >= 11 is 3.72. The van der Waals surface area contributed by atoms with Crippen molar-refractivity contribution in [1.29, 1.82) is 0 Å². The Balaban J connectivity index is 2.18. The fourth-order valence-corrected chi connectivity index (χ4v) is 2.94. The molecule has 0 spiro atoms. The molecule has 3 aromatic rings. The predicted octanol–water partition coefficient (Wildman–Crippen LogP) is 4.59. The van der Waals surface area contributed by atoms with E-state index in [0.717, 1.165) is 0 Å². The van der Waals surface area contributed by atoms with E-state index in [1.54, 1.807) is 0 Å². The molecular weight excluding hydrogens is 300 g/mol. The molecule has 3 rings (SSSR count). The van der Waals surface area contributed by atoms with Crippen molar-refractivity contribution in [3.05, 3.63) is 81.8 Å². The van der Waals surface area contributed by atoms with E-state index in [2.05, 4.69) is 63.2 Å². The van der Waals surface area contributed by atoms with Gasteiger partial charge in [-0.2, -0.15) is 0 Å². The Hall–Kier alpha value is -1.74. The smallest absolute Gasteiger partial charge is 0.0652 e. The van der Waals surface area contributed by atoms with E-state index in [1.165, 1.54) is 27.0 Å². The highest BCUT2D eigenvalue weighted by atomic mass is 79.9. The highest BCUT2D eigenvalue weighted by Crippen LogP contribution is 2.35. The molecule has 0 aliphatic rings. The molecule has 2 aromatic heterocycles. The summed E-state index contributed by atoms with van der Waals surface area (Å²) < 4.78 is 1.17. The van der Waals surface area contributed by atoms with Crippen molar-refractivity contribution >= 4 is 15.9 Å². The lowest BCUT2D eigenvalue weighted by atomic mass is 9.91. The highest BCUT2D eigenvalue weighted by Gasteiger charge is 2.21. The van der Waals surface area contributed by atoms with Crippen molar-refractivity contribution in [3.63, 3.8) is 0 Å². The zero-order valence-corrected chi connectivity index (χ0v) is 12.2. The van der Waals surface area contributed by atoms with Gasteiger partial charge in [-0.3, -0.25) is 0 Å². The molecule has 0 aliphatic heterocycles. The molecule has 0 radical (unpaired) electrons. The molecule has 0 aliphatic carbocycles. The van der Waals surface area contributed by atoms with Gasteiger partial charge < -0.3 is 9.97 Å². The highest BCUT2D eigenvalue weighted by molar-refractivity contribution is 9.10. The van der Waals surface area contributed by atoms with Gasteiger partial charge in [0.15, 0.2) is 0 Å². The molecule has 0 bridgehead atoms. The van der Waals surface area contributed by atoms with Gasteiger partial charge in [-0.15, -0.1) is 0 Å². The van der Waals surface area contributed by atoms with Crippen LogP contribution in [0.3, 0.4) is 0 Å². The largest absolute Gasteiger partial charge is 0.364 e. The Kier molecular flexibility index (Phi) is 3.30. The Morgan fingerprint density at radius 2 is 1.53 bits per heavy atom. The van der Waals surface area contributed by atoms with Gasteiger partial charge in [0.05, 0.1) is 5.92 Å². The number of H-pyrrole nitrogens is 2. The summed E-state index contributed by atoms with van der Waals surface area (Å²) in [6.07, 6.45) is 3.93. The van der Waals surface area contributed by atoms with Crippen LogP contribution in [0.25, 0.3) is 0 Å². The summed E-state index contributed by atoms with van der Waals surface area (Å²) in [7, 11) is 0. The summed E-state index contributed by atoms with van der Waals surface area (Å²) in [5.41, 5.74) is 4.90. The standard InChI is InChI=1S/C16H15BrN2/c1-11-5-2-6-12(16(11)17)15(13-7-3-9-18-13)14-8-4-10-19-14/h2-10,15,18-19H,1H3. The topological polar surface area (TPSA) is 31.6 Å². The molecule has 96 valence electrons. The monoisotopic (exact) mass is 314 g/mol. The number of aromatic nitrogens is 2. The summed E-state index contributed by atoms with van der Waals surface area (Å²) in [5, 5.41) is 0. The SMILES string of the molecule is Cc1cccc(C(c2ccc[nH]2)c2ccc[nH]2)c1Br. The zero-order valence-electron chi connectivity index (χ0n) is 10.7. The van der Waals surface area contributed by atoms with Gasteiger partial charge >= 0.3 is 0 Å². The van der Waals surface area contributed by atoms with Gasteiger partial charge in [0.2, 0.25) is 0 Å². The van der Waals surface area contributed by atoms with Crippen molar-refractivity contribution < 1.29 is 0 Å². The average molecular weight is 315 g/mol. The van der Waals surface area contributed by atoms with E-state index >= 15 is 0 Å². The minimum absolute atomic E-state index is 0.194. The summed E-state index contributed by atoms with van der Waals surface area (Å²) in [4.78, 5) is 6.66. The van der Waals surface area contributed by atoms with Crippen molar-refractivity contribution in [3.8, 4) is 0 Å². The van der Waals surface area contributed by atoms with E-state index in [9.17, 15) is 0 Å². The normalized spacial score (nSPS) is 11.1. The van der Waals surface area contributed by atoms with Gasteiger partial charge in [0, 0.05) is 28.3 Å². The predicted molar refractivity (Wildman–Crippen MR) is 81.4 cm³/mol. The number of halogens is 1. The van der Waals surface area contributed by atoms with E-state index in [4.69, 9.17) is 0 Å². The number of rotatable bonds is 3. The Morgan fingerprint density at radius 3 is 2.05 bits per heavy atom. The third-order valence-electron chi connectivity index (χ3n) is 3.40. The molecule has 0 fully saturated rings. The van der Waals surface area contributed by atoms with E-state index in [1.807, 2.05) is 24.5 Å². The van der Waals surface area contributed by atoms with Crippen LogP contribution >= 0.6 is 15.9 Å². The van der Waals surface area contributed by atoms with Gasteiger partial charge in [0.1, 0.15) is 0 Å². The van der Waals surface area contributed by atoms with Crippen LogP contribution in [0.15, 0.2) is 59.3 Å². The lowest BCUT2D eigenvalue weighted by Gasteiger charge is -2.18. The Labute approximate surface area is 121 Å². The third-order valence-corrected chi connectivity index (χ3v) is 4.48. The fraction of sp³-hybridized carbons (Fsp3) is 0.125. The summed E-state index contributed by atoms with van der Waals surface area (Å²) in [5.74, 6) is 0.194. The van der Waals surface area contributed by atoms with Crippen LogP contribution in [0.4, 0.5) is 0 Å². The molecule has 0 saturated heterocycles. The second kappa shape index (κ2) is 5.10. The first-order chi connectivity index (χ1) is 9.27. The molecule has 19 heavy (non-hydrogen) atoms. The van der Waals surface area contributed by atoms with Crippen LogP contribution in [-0.2, 0) is 0 Å². The van der Waals surface area contributed by atoms with Crippen molar-refractivity contribution in [2.75, 3.05) is 0 Å². The third kappa shape index (κ3) is 2.26. The molecule has 2 heterocycles. The second-order valence-corrected chi connectivity index (χ2v) is 5.46. The lowest BCUT2D eigenvalue weighted by molar-refractivity contribution is 0.890. The molecule has 0 amide bonds. The van der Waals surface area contributed by atoms with Crippen LogP contribution in [-0.4, -0.2) is 9.97 Å². The maximum atomic E-state index is 3.72. The maximum absolute atomic E-state index is 3.72. The number of hydrogen-bond acceptors (Lipinski definition) is 0. The molecule has 0 saturated carbocycles.